The highest BCUT2D eigenvalue weighted by atomic mass is 32.2. The Kier molecular flexibility index (Phi) is 6.51. The number of hydrogen-bond acceptors (Lipinski definition) is 5. The van der Waals surface area contributed by atoms with Crippen molar-refractivity contribution in [2.24, 2.45) is 17.8 Å². The summed E-state index contributed by atoms with van der Waals surface area (Å²) >= 11 is 1.40. The highest BCUT2D eigenvalue weighted by molar-refractivity contribution is 7.99. The van der Waals surface area contributed by atoms with Crippen molar-refractivity contribution in [1.82, 2.24) is 20.1 Å². The van der Waals surface area contributed by atoms with Crippen LogP contribution in [0.5, 0.6) is 0 Å². The van der Waals surface area contributed by atoms with Crippen molar-refractivity contribution < 1.29 is 13.9 Å². The van der Waals surface area contributed by atoms with Crippen molar-refractivity contribution >= 4 is 17.7 Å². The maximum atomic E-state index is 13.4. The maximum absolute atomic E-state index is 13.4. The van der Waals surface area contributed by atoms with Gasteiger partial charge in [0.1, 0.15) is 5.82 Å². The molecular weight excluding hydrogens is 427 g/mol. The van der Waals surface area contributed by atoms with Gasteiger partial charge >= 0.3 is 0 Å². The second kappa shape index (κ2) is 9.51. The van der Waals surface area contributed by atoms with Gasteiger partial charge in [-0.15, -0.1) is 10.2 Å². The first-order valence-corrected chi connectivity index (χ1v) is 12.8. The molecule has 2 saturated carbocycles. The highest BCUT2D eigenvalue weighted by Gasteiger charge is 2.42. The van der Waals surface area contributed by atoms with Crippen molar-refractivity contribution in [2.75, 3.05) is 12.4 Å². The Labute approximate surface area is 192 Å². The molecule has 3 fully saturated rings. The molecule has 1 aromatic carbocycles. The van der Waals surface area contributed by atoms with Gasteiger partial charge in [-0.1, -0.05) is 18.2 Å². The van der Waals surface area contributed by atoms with Crippen molar-refractivity contribution in [3.05, 3.63) is 30.1 Å². The quantitative estimate of drug-likeness (QED) is 0.598. The summed E-state index contributed by atoms with van der Waals surface area (Å²) in [5, 5.41) is 12.7. The van der Waals surface area contributed by atoms with E-state index in [2.05, 4.69) is 22.4 Å². The van der Waals surface area contributed by atoms with Gasteiger partial charge in [-0.25, -0.2) is 4.39 Å². The smallest absolute Gasteiger partial charge is 0.230 e. The minimum Gasteiger partial charge on any atom is -0.376 e. The lowest BCUT2D eigenvalue weighted by atomic mass is 9.84. The number of hydrogen-bond donors (Lipinski definition) is 1. The molecule has 2 bridgehead atoms. The molecule has 5 rings (SSSR count). The number of fused-ring (bicyclic) bond motifs is 2. The van der Waals surface area contributed by atoms with Gasteiger partial charge in [0.25, 0.3) is 0 Å². The largest absolute Gasteiger partial charge is 0.376 e. The van der Waals surface area contributed by atoms with Crippen LogP contribution in [0.25, 0.3) is 11.4 Å². The van der Waals surface area contributed by atoms with E-state index in [1.807, 2.05) is 4.57 Å². The molecule has 1 aromatic heterocycles. The molecule has 1 saturated heterocycles. The number of carbonyl (C=O) groups excluding carboxylic acids is 1. The minimum absolute atomic E-state index is 0.0419. The van der Waals surface area contributed by atoms with Crippen LogP contribution in [0.1, 0.15) is 45.4 Å². The van der Waals surface area contributed by atoms with Gasteiger partial charge < -0.3 is 10.1 Å². The zero-order chi connectivity index (χ0) is 22.1. The van der Waals surface area contributed by atoms with Gasteiger partial charge in [-0.3, -0.25) is 9.36 Å². The van der Waals surface area contributed by atoms with Crippen LogP contribution in [0, 0.1) is 23.6 Å². The fourth-order valence-electron chi connectivity index (χ4n) is 5.80. The monoisotopic (exact) mass is 458 g/mol. The van der Waals surface area contributed by atoms with Gasteiger partial charge in [0.2, 0.25) is 5.91 Å². The Bertz CT molecular complexity index is 944. The molecule has 172 valence electrons. The number of rotatable bonds is 8. The molecular formula is C24H31FN4O2S. The molecule has 2 aliphatic carbocycles. The van der Waals surface area contributed by atoms with Crippen LogP contribution < -0.4 is 5.32 Å². The fourth-order valence-corrected chi connectivity index (χ4v) is 6.56. The molecule has 1 aliphatic heterocycles. The summed E-state index contributed by atoms with van der Waals surface area (Å²) in [4.78, 5) is 12.7. The van der Waals surface area contributed by atoms with Crippen LogP contribution in [0.3, 0.4) is 0 Å². The van der Waals surface area contributed by atoms with E-state index in [1.165, 1.54) is 49.6 Å². The molecule has 5 atom stereocenters. The number of benzene rings is 1. The van der Waals surface area contributed by atoms with Gasteiger partial charge in [-0.2, -0.15) is 0 Å². The predicted octanol–water partition coefficient (Wildman–Crippen LogP) is 4.30. The summed E-state index contributed by atoms with van der Waals surface area (Å²) in [5.41, 5.74) is 0.804. The topological polar surface area (TPSA) is 69.0 Å². The van der Waals surface area contributed by atoms with Crippen molar-refractivity contribution in [3.63, 3.8) is 0 Å². The van der Waals surface area contributed by atoms with E-state index in [1.54, 1.807) is 12.1 Å². The Balaban J connectivity index is 1.25. The molecule has 6 nitrogen and oxygen atoms in total. The van der Waals surface area contributed by atoms with Crippen molar-refractivity contribution in [2.45, 2.75) is 69.3 Å². The summed E-state index contributed by atoms with van der Waals surface area (Å²) in [6.07, 6.45) is 7.44. The molecule has 2 aromatic rings. The van der Waals surface area contributed by atoms with E-state index >= 15 is 0 Å². The summed E-state index contributed by atoms with van der Waals surface area (Å²) in [6.45, 7) is 3.55. The maximum Gasteiger partial charge on any atom is 0.230 e. The van der Waals surface area contributed by atoms with E-state index in [4.69, 9.17) is 4.74 Å². The molecule has 8 heteroatoms. The lowest BCUT2D eigenvalue weighted by molar-refractivity contribution is -0.119. The van der Waals surface area contributed by atoms with Crippen LogP contribution in [0.15, 0.2) is 29.4 Å². The molecule has 32 heavy (non-hydrogen) atoms. The zero-order valence-electron chi connectivity index (χ0n) is 18.5. The van der Waals surface area contributed by atoms with Gasteiger partial charge in [-0.05, 0) is 81.0 Å². The van der Waals surface area contributed by atoms with Gasteiger partial charge in [0.15, 0.2) is 11.0 Å². The Hall–Kier alpha value is -1.93. The first-order chi connectivity index (χ1) is 15.6. The number of carbonyl (C=O) groups is 1. The number of ether oxygens (including phenoxy) is 1. The third kappa shape index (κ3) is 4.71. The third-order valence-electron chi connectivity index (χ3n) is 7.39. The normalized spacial score (nSPS) is 27.7. The Morgan fingerprint density at radius 1 is 1.25 bits per heavy atom. The van der Waals surface area contributed by atoms with Crippen LogP contribution in [0.2, 0.25) is 0 Å². The fraction of sp³-hybridized carbons (Fsp3) is 0.625. The van der Waals surface area contributed by atoms with E-state index < -0.39 is 0 Å². The first-order valence-electron chi connectivity index (χ1n) is 11.8. The molecule has 1 amide bonds. The molecule has 0 radical (unpaired) electrons. The number of aromatic nitrogens is 3. The number of nitrogens with one attached hydrogen (secondary N) is 1. The van der Waals surface area contributed by atoms with E-state index in [0.717, 1.165) is 36.8 Å². The summed E-state index contributed by atoms with van der Waals surface area (Å²) in [6, 6.07) is 6.50. The van der Waals surface area contributed by atoms with Crippen LogP contribution >= 0.6 is 11.8 Å². The first kappa shape index (κ1) is 21.9. The average molecular weight is 459 g/mol. The van der Waals surface area contributed by atoms with Gasteiger partial charge in [0, 0.05) is 18.2 Å². The summed E-state index contributed by atoms with van der Waals surface area (Å²) in [5.74, 6) is 3.03. The van der Waals surface area contributed by atoms with E-state index in [0.29, 0.717) is 29.2 Å². The van der Waals surface area contributed by atoms with Crippen LogP contribution in [-0.4, -0.2) is 45.2 Å². The van der Waals surface area contributed by atoms with Crippen LogP contribution in [0.4, 0.5) is 4.39 Å². The average Bonchev–Trinajstić information content (AvgIpc) is 3.59. The van der Waals surface area contributed by atoms with Gasteiger partial charge in [0.05, 0.1) is 18.4 Å². The molecule has 1 N–H and O–H groups in total. The van der Waals surface area contributed by atoms with Crippen molar-refractivity contribution in [3.8, 4) is 11.4 Å². The SMILES string of the molecule is C[C@H](NC(=O)CSc1nnc(-c2ccc(F)cc2)n1C[C@@H]1CCCO1)[C@H]1C[C@H]2CC[C@H]1C2. The summed E-state index contributed by atoms with van der Waals surface area (Å²) < 4.78 is 21.2. The Morgan fingerprint density at radius 3 is 2.78 bits per heavy atom. The standard InChI is InChI=1S/C24H31FN4O2S/c1-15(21-12-16-4-5-18(21)11-16)26-22(30)14-32-24-28-27-23(17-6-8-19(25)9-7-17)29(24)13-20-3-2-10-31-20/h6-9,15-16,18,20-21H,2-5,10-14H2,1H3,(H,26,30)/t15-,16-,18-,20-,21+/m0/s1. The lowest BCUT2D eigenvalue weighted by Gasteiger charge is -2.28. The number of nitrogens with zero attached hydrogens (tertiary/aromatic N) is 3. The minimum atomic E-state index is -0.283. The summed E-state index contributed by atoms with van der Waals surface area (Å²) in [7, 11) is 0. The molecule has 3 aliphatic rings. The van der Waals surface area contributed by atoms with Crippen molar-refractivity contribution in [1.29, 1.82) is 0 Å². The lowest BCUT2D eigenvalue weighted by Crippen LogP contribution is -2.41. The van der Waals surface area contributed by atoms with E-state index in [9.17, 15) is 9.18 Å². The molecule has 2 heterocycles. The number of halogens is 1. The predicted molar refractivity (Wildman–Crippen MR) is 122 cm³/mol. The number of amides is 1. The number of thioether (sulfide) groups is 1. The van der Waals surface area contributed by atoms with Crippen LogP contribution in [-0.2, 0) is 16.1 Å². The third-order valence-corrected chi connectivity index (χ3v) is 8.35. The Morgan fingerprint density at radius 2 is 2.09 bits per heavy atom. The zero-order valence-corrected chi connectivity index (χ0v) is 19.3. The molecule has 0 unspecified atom stereocenters. The second-order valence-corrected chi connectivity index (χ2v) is 10.5. The highest BCUT2D eigenvalue weighted by Crippen LogP contribution is 2.49. The second-order valence-electron chi connectivity index (χ2n) is 9.54. The van der Waals surface area contributed by atoms with E-state index in [-0.39, 0.29) is 23.9 Å². The molecule has 0 spiro atoms.